The van der Waals surface area contributed by atoms with Crippen LogP contribution in [0.15, 0.2) is 47.4 Å². The molecule has 0 N–H and O–H groups in total. The lowest BCUT2D eigenvalue weighted by Crippen LogP contribution is -2.31. The molecule has 3 nitrogen and oxygen atoms in total. The van der Waals surface area contributed by atoms with E-state index in [9.17, 15) is 21.6 Å². The Morgan fingerprint density at radius 1 is 1.14 bits per heavy atom. The number of sulfone groups is 1. The first-order valence-corrected chi connectivity index (χ1v) is 10.9. The largest absolute Gasteiger partial charge is 0.416 e. The molecule has 0 bridgehead atoms. The molecule has 2 unspecified atom stereocenters. The van der Waals surface area contributed by atoms with E-state index >= 15 is 0 Å². The first-order chi connectivity index (χ1) is 13.1. The average Bonchev–Trinajstić information content (AvgIpc) is 2.67. The lowest BCUT2D eigenvalue weighted by Gasteiger charge is -2.30. The summed E-state index contributed by atoms with van der Waals surface area (Å²) in [6.07, 6.45) is -4.29. The predicted molar refractivity (Wildman–Crippen MR) is 101 cm³/mol. The zero-order chi connectivity index (χ0) is 20.5. The molecule has 2 atom stereocenters. The molecule has 2 aromatic rings. The topological polar surface area (TPSA) is 43.4 Å². The Hall–Kier alpha value is -1.57. The first-order valence-electron chi connectivity index (χ1n) is 8.94. The molecule has 1 fully saturated rings. The summed E-state index contributed by atoms with van der Waals surface area (Å²) in [6.45, 7) is 1.94. The van der Waals surface area contributed by atoms with Crippen LogP contribution in [0.3, 0.4) is 0 Å². The maximum atomic E-state index is 13.2. The fraction of sp³-hybridized carbons (Fsp3) is 0.400. The van der Waals surface area contributed by atoms with Gasteiger partial charge in [0.2, 0.25) is 0 Å². The summed E-state index contributed by atoms with van der Waals surface area (Å²) in [7, 11) is -3.94. The summed E-state index contributed by atoms with van der Waals surface area (Å²) < 4.78 is 71.6. The van der Waals surface area contributed by atoms with E-state index in [4.69, 9.17) is 16.3 Å². The molecule has 152 valence electrons. The molecule has 0 spiro atoms. The molecule has 0 amide bonds. The predicted octanol–water partition coefficient (Wildman–Crippen LogP) is 5.62. The van der Waals surface area contributed by atoms with E-state index in [1.165, 1.54) is 6.07 Å². The van der Waals surface area contributed by atoms with Gasteiger partial charge < -0.3 is 4.74 Å². The minimum absolute atomic E-state index is 0.184. The number of ether oxygens (including phenoxy) is 1. The highest BCUT2D eigenvalue weighted by molar-refractivity contribution is 7.92. The van der Waals surface area contributed by atoms with Crippen LogP contribution in [-0.2, 0) is 27.2 Å². The Morgan fingerprint density at radius 3 is 2.43 bits per heavy atom. The van der Waals surface area contributed by atoms with Crippen LogP contribution >= 0.6 is 11.6 Å². The zero-order valence-corrected chi connectivity index (χ0v) is 16.7. The second kappa shape index (κ2) is 8.05. The molecule has 0 saturated carbocycles. The fourth-order valence-electron chi connectivity index (χ4n) is 3.43. The molecule has 1 aliphatic rings. The summed E-state index contributed by atoms with van der Waals surface area (Å²) in [6, 6.07) is 9.87. The SMILES string of the molecule is CCc1ccc(C(F)(F)F)cc1S(=O)(=O)C1CCOC(c2ccc(Cl)cc2)C1. The smallest absolute Gasteiger partial charge is 0.373 e. The molecule has 1 saturated heterocycles. The lowest BCUT2D eigenvalue weighted by molar-refractivity contribution is -0.137. The van der Waals surface area contributed by atoms with Gasteiger partial charge in [-0.05, 0) is 54.7 Å². The summed E-state index contributed by atoms with van der Waals surface area (Å²) in [5, 5.41) is -0.254. The van der Waals surface area contributed by atoms with Crippen molar-refractivity contribution in [3.05, 3.63) is 64.2 Å². The van der Waals surface area contributed by atoms with Gasteiger partial charge in [-0.15, -0.1) is 0 Å². The maximum absolute atomic E-state index is 13.2. The van der Waals surface area contributed by atoms with Crippen molar-refractivity contribution in [1.82, 2.24) is 0 Å². The molecular weight excluding hydrogens is 413 g/mol. The number of aryl methyl sites for hydroxylation is 1. The van der Waals surface area contributed by atoms with Gasteiger partial charge in [0.15, 0.2) is 9.84 Å². The number of halogens is 4. The standard InChI is InChI=1S/C20H20ClF3O3S/c1-2-13-3-6-15(20(22,23)24)11-19(13)28(25,26)17-9-10-27-18(12-17)14-4-7-16(21)8-5-14/h3-8,11,17-18H,2,9-10,12H2,1H3. The maximum Gasteiger partial charge on any atom is 0.416 e. The molecule has 0 aliphatic carbocycles. The third-order valence-corrected chi connectivity index (χ3v) is 7.55. The molecule has 1 heterocycles. The molecule has 28 heavy (non-hydrogen) atoms. The summed E-state index contributed by atoms with van der Waals surface area (Å²) in [5.74, 6) is 0. The van der Waals surface area contributed by atoms with Gasteiger partial charge in [-0.25, -0.2) is 8.42 Å². The lowest BCUT2D eigenvalue weighted by atomic mass is 10.0. The average molecular weight is 433 g/mol. The number of hydrogen-bond donors (Lipinski definition) is 0. The van der Waals surface area contributed by atoms with E-state index in [1.54, 1.807) is 31.2 Å². The molecule has 2 aromatic carbocycles. The van der Waals surface area contributed by atoms with Crippen molar-refractivity contribution in [2.45, 2.75) is 48.6 Å². The van der Waals surface area contributed by atoms with Crippen LogP contribution < -0.4 is 0 Å². The quantitative estimate of drug-likeness (QED) is 0.630. The minimum atomic E-state index is -4.60. The van der Waals surface area contributed by atoms with E-state index in [-0.39, 0.29) is 24.3 Å². The summed E-state index contributed by atoms with van der Waals surface area (Å²) in [4.78, 5) is -0.230. The van der Waals surface area contributed by atoms with Crippen LogP contribution in [0.1, 0.15) is 42.6 Å². The number of hydrogen-bond acceptors (Lipinski definition) is 3. The van der Waals surface area contributed by atoms with Crippen LogP contribution in [0.25, 0.3) is 0 Å². The van der Waals surface area contributed by atoms with Gasteiger partial charge in [0.05, 0.1) is 21.8 Å². The van der Waals surface area contributed by atoms with E-state index < -0.39 is 32.9 Å². The van der Waals surface area contributed by atoms with Gasteiger partial charge in [0.1, 0.15) is 0 Å². The van der Waals surface area contributed by atoms with E-state index in [1.807, 2.05) is 0 Å². The summed E-state index contributed by atoms with van der Waals surface area (Å²) in [5.41, 5.74) is 0.233. The van der Waals surface area contributed by atoms with Gasteiger partial charge in [-0.1, -0.05) is 36.7 Å². The number of rotatable bonds is 4. The Labute approximate surface area is 167 Å². The van der Waals surface area contributed by atoms with Crippen LogP contribution in [0.4, 0.5) is 13.2 Å². The van der Waals surface area contributed by atoms with E-state index in [2.05, 4.69) is 0 Å². The van der Waals surface area contributed by atoms with Crippen molar-refractivity contribution in [3.8, 4) is 0 Å². The van der Waals surface area contributed by atoms with Crippen LogP contribution in [0.2, 0.25) is 5.02 Å². The van der Waals surface area contributed by atoms with Crippen molar-refractivity contribution in [2.75, 3.05) is 6.61 Å². The molecule has 0 radical (unpaired) electrons. The zero-order valence-electron chi connectivity index (χ0n) is 15.2. The molecule has 1 aliphatic heterocycles. The highest BCUT2D eigenvalue weighted by Crippen LogP contribution is 2.37. The second-order valence-electron chi connectivity index (χ2n) is 6.78. The third-order valence-electron chi connectivity index (χ3n) is 5.00. The highest BCUT2D eigenvalue weighted by Gasteiger charge is 2.37. The number of benzene rings is 2. The molecule has 8 heteroatoms. The molecule has 3 rings (SSSR count). The van der Waals surface area contributed by atoms with Crippen molar-refractivity contribution in [2.24, 2.45) is 0 Å². The van der Waals surface area contributed by atoms with Crippen molar-refractivity contribution in [1.29, 1.82) is 0 Å². The monoisotopic (exact) mass is 432 g/mol. The third kappa shape index (κ3) is 4.36. The normalized spacial score (nSPS) is 20.9. The summed E-state index contributed by atoms with van der Waals surface area (Å²) >= 11 is 5.89. The fourth-order valence-corrected chi connectivity index (χ4v) is 5.61. The van der Waals surface area contributed by atoms with Crippen LogP contribution in [0, 0.1) is 0 Å². The van der Waals surface area contributed by atoms with Gasteiger partial charge >= 0.3 is 6.18 Å². The van der Waals surface area contributed by atoms with Gasteiger partial charge in [0.25, 0.3) is 0 Å². The Morgan fingerprint density at radius 2 is 1.82 bits per heavy atom. The molecule has 0 aromatic heterocycles. The second-order valence-corrected chi connectivity index (χ2v) is 9.41. The Balaban J connectivity index is 1.94. The van der Waals surface area contributed by atoms with Crippen molar-refractivity contribution >= 4 is 21.4 Å². The first kappa shape index (κ1) is 21.1. The Kier molecular flexibility index (Phi) is 6.08. The van der Waals surface area contributed by atoms with E-state index in [0.717, 1.165) is 17.7 Å². The van der Waals surface area contributed by atoms with Crippen LogP contribution in [-0.4, -0.2) is 20.3 Å². The van der Waals surface area contributed by atoms with Crippen molar-refractivity contribution < 1.29 is 26.3 Å². The van der Waals surface area contributed by atoms with Crippen molar-refractivity contribution in [3.63, 3.8) is 0 Å². The highest BCUT2D eigenvalue weighted by atomic mass is 35.5. The van der Waals surface area contributed by atoms with Gasteiger partial charge in [-0.2, -0.15) is 13.2 Å². The van der Waals surface area contributed by atoms with Gasteiger partial charge in [-0.3, -0.25) is 0 Å². The van der Waals surface area contributed by atoms with Gasteiger partial charge in [0, 0.05) is 11.6 Å². The minimum Gasteiger partial charge on any atom is -0.373 e. The molecular formula is C20H20ClF3O3S. The van der Waals surface area contributed by atoms with E-state index in [0.29, 0.717) is 17.0 Å². The number of alkyl halides is 3. The Bertz CT molecular complexity index is 940. The van der Waals surface area contributed by atoms with Crippen LogP contribution in [0.5, 0.6) is 0 Å².